The maximum absolute atomic E-state index is 14.5. The second kappa shape index (κ2) is 7.55. The van der Waals surface area contributed by atoms with Gasteiger partial charge in [-0.3, -0.25) is 4.72 Å². The van der Waals surface area contributed by atoms with Crippen LogP contribution < -0.4 is 9.46 Å². The van der Waals surface area contributed by atoms with Gasteiger partial charge in [-0.25, -0.2) is 13.8 Å². The van der Waals surface area contributed by atoms with E-state index in [1.807, 2.05) is 0 Å². The van der Waals surface area contributed by atoms with Crippen LogP contribution in [0.15, 0.2) is 34.7 Å². The minimum absolute atomic E-state index is 0.0134. The number of ether oxygens (including phenoxy) is 1. The second-order valence-corrected chi connectivity index (χ2v) is 8.40. The Morgan fingerprint density at radius 2 is 2.17 bits per heavy atom. The molecule has 1 N–H and O–H groups in total. The highest BCUT2D eigenvalue weighted by Gasteiger charge is 2.32. The Kier molecular flexibility index (Phi) is 5.05. The van der Waals surface area contributed by atoms with Gasteiger partial charge in [0.2, 0.25) is 0 Å². The van der Waals surface area contributed by atoms with Crippen molar-refractivity contribution in [3.8, 4) is 17.6 Å². The number of halogens is 2. The number of nitrogens with one attached hydrogen (secondary N) is 1. The summed E-state index contributed by atoms with van der Waals surface area (Å²) in [4.78, 5) is 4.15. The molecule has 4 rings (SSSR count). The third-order valence-electron chi connectivity index (χ3n) is 4.58. The van der Waals surface area contributed by atoms with Gasteiger partial charge >= 0.3 is 10.2 Å². The van der Waals surface area contributed by atoms with E-state index in [2.05, 4.69) is 9.71 Å². The Labute approximate surface area is 170 Å². The van der Waals surface area contributed by atoms with E-state index >= 15 is 0 Å². The number of hydrogen-bond acceptors (Lipinski definition) is 6. The minimum Gasteiger partial charge on any atom is -0.453 e. The Bertz CT molecular complexity index is 1270. The van der Waals surface area contributed by atoms with Gasteiger partial charge < -0.3 is 9.15 Å². The molecule has 1 aliphatic rings. The zero-order valence-corrected chi connectivity index (χ0v) is 16.5. The molecule has 1 fully saturated rings. The number of fused-ring (bicyclic) bond motifs is 1. The van der Waals surface area contributed by atoms with Crippen molar-refractivity contribution in [2.75, 3.05) is 17.8 Å². The molecule has 0 unspecified atom stereocenters. The molecule has 2 heterocycles. The van der Waals surface area contributed by atoms with Gasteiger partial charge in [0.15, 0.2) is 23.0 Å². The maximum atomic E-state index is 14.5. The Morgan fingerprint density at radius 1 is 1.37 bits per heavy atom. The molecular formula is C19H16F2N4O4S. The topological polar surface area (TPSA) is 108 Å². The third kappa shape index (κ3) is 3.79. The lowest BCUT2D eigenvalue weighted by molar-refractivity contribution is 0.343. The van der Waals surface area contributed by atoms with Crippen LogP contribution in [-0.4, -0.2) is 37.0 Å². The van der Waals surface area contributed by atoms with E-state index in [1.165, 1.54) is 12.1 Å². The van der Waals surface area contributed by atoms with Crippen LogP contribution in [0.5, 0.6) is 11.5 Å². The zero-order chi connectivity index (χ0) is 21.5. The molecule has 0 aliphatic carbocycles. The molecule has 0 amide bonds. The molecule has 1 aliphatic heterocycles. The van der Waals surface area contributed by atoms with E-state index in [9.17, 15) is 22.5 Å². The first kappa shape index (κ1) is 20.1. The zero-order valence-electron chi connectivity index (χ0n) is 15.7. The normalized spacial score (nSPS) is 17.2. The fourth-order valence-electron chi connectivity index (χ4n) is 3.16. The maximum Gasteiger partial charge on any atom is 0.301 e. The van der Waals surface area contributed by atoms with E-state index in [0.29, 0.717) is 17.0 Å². The number of nitrogens with zero attached hydrogens (tertiary/aromatic N) is 3. The molecule has 0 bridgehead atoms. The minimum atomic E-state index is -4.12. The molecule has 11 heteroatoms. The Hall–Kier alpha value is -3.23. The highest BCUT2D eigenvalue weighted by molar-refractivity contribution is 7.90. The SMILES string of the molecule is Cc1nc2ccc(Oc3c(F)ccc(NS(=O)(=O)N4CC[C@@H](F)C4)c3C#N)cc2o1. The van der Waals surface area contributed by atoms with Crippen LogP contribution in [0.2, 0.25) is 0 Å². The van der Waals surface area contributed by atoms with Gasteiger partial charge in [0.25, 0.3) is 0 Å². The van der Waals surface area contributed by atoms with Crippen LogP contribution in [-0.2, 0) is 10.2 Å². The van der Waals surface area contributed by atoms with E-state index < -0.39 is 27.9 Å². The lowest BCUT2D eigenvalue weighted by Crippen LogP contribution is -2.34. The highest BCUT2D eigenvalue weighted by atomic mass is 32.2. The summed E-state index contributed by atoms with van der Waals surface area (Å²) < 4.78 is 67.0. The van der Waals surface area contributed by atoms with Crippen LogP contribution in [0.4, 0.5) is 14.5 Å². The number of rotatable bonds is 5. The van der Waals surface area contributed by atoms with Crippen molar-refractivity contribution in [3.05, 3.63) is 47.6 Å². The van der Waals surface area contributed by atoms with Crippen LogP contribution in [0.1, 0.15) is 17.9 Å². The number of nitriles is 1. The molecule has 1 aromatic heterocycles. The quantitative estimate of drug-likeness (QED) is 0.657. The van der Waals surface area contributed by atoms with Crippen LogP contribution >= 0.6 is 0 Å². The fraction of sp³-hybridized carbons (Fsp3) is 0.263. The summed E-state index contributed by atoms with van der Waals surface area (Å²) in [6.45, 7) is 1.41. The third-order valence-corrected chi connectivity index (χ3v) is 6.07. The van der Waals surface area contributed by atoms with Crippen LogP contribution in [0.25, 0.3) is 11.1 Å². The smallest absolute Gasteiger partial charge is 0.301 e. The fourth-order valence-corrected chi connectivity index (χ4v) is 4.44. The van der Waals surface area contributed by atoms with Crippen molar-refractivity contribution in [2.24, 2.45) is 0 Å². The van der Waals surface area contributed by atoms with Gasteiger partial charge in [-0.05, 0) is 30.7 Å². The monoisotopic (exact) mass is 434 g/mol. The molecule has 3 aromatic rings. The summed E-state index contributed by atoms with van der Waals surface area (Å²) in [5, 5.41) is 9.55. The highest BCUT2D eigenvalue weighted by Crippen LogP contribution is 2.35. The average Bonchev–Trinajstić information content (AvgIpc) is 3.29. The van der Waals surface area contributed by atoms with Gasteiger partial charge in [-0.15, -0.1) is 0 Å². The van der Waals surface area contributed by atoms with E-state index in [1.54, 1.807) is 19.1 Å². The van der Waals surface area contributed by atoms with Gasteiger partial charge in [0.1, 0.15) is 29.1 Å². The van der Waals surface area contributed by atoms with Crippen molar-refractivity contribution in [2.45, 2.75) is 19.5 Å². The van der Waals surface area contributed by atoms with Crippen molar-refractivity contribution in [1.82, 2.24) is 9.29 Å². The Balaban J connectivity index is 1.67. The van der Waals surface area contributed by atoms with Crippen molar-refractivity contribution >= 4 is 27.0 Å². The largest absolute Gasteiger partial charge is 0.453 e. The molecule has 0 saturated carbocycles. The number of hydrogen-bond donors (Lipinski definition) is 1. The summed E-state index contributed by atoms with van der Waals surface area (Å²) in [7, 11) is -4.12. The lowest BCUT2D eigenvalue weighted by atomic mass is 10.1. The van der Waals surface area contributed by atoms with E-state index in [-0.39, 0.29) is 36.5 Å². The van der Waals surface area contributed by atoms with E-state index in [4.69, 9.17) is 9.15 Å². The summed E-state index contributed by atoms with van der Waals surface area (Å²) >= 11 is 0. The second-order valence-electron chi connectivity index (χ2n) is 6.73. The number of oxazole rings is 1. The summed E-state index contributed by atoms with van der Waals surface area (Å²) in [5.41, 5.74) is 0.478. The molecule has 30 heavy (non-hydrogen) atoms. The lowest BCUT2D eigenvalue weighted by Gasteiger charge is -2.18. The molecular weight excluding hydrogens is 418 g/mol. The standard InChI is InChI=1S/C19H16F2N4O4S/c1-11-23-17-4-2-13(8-18(17)28-11)29-19-14(9-22)16(5-3-15(19)21)24-30(26,27)25-7-6-12(20)10-25/h2-5,8,12,24H,6-7,10H2,1H3/t12-/m1/s1. The molecule has 2 aromatic carbocycles. The number of benzene rings is 2. The van der Waals surface area contributed by atoms with Crippen molar-refractivity contribution in [1.29, 1.82) is 5.26 Å². The molecule has 0 radical (unpaired) electrons. The van der Waals surface area contributed by atoms with Crippen LogP contribution in [0, 0.1) is 24.1 Å². The number of aromatic nitrogens is 1. The summed E-state index contributed by atoms with van der Waals surface area (Å²) in [6.07, 6.45) is -1.16. The molecule has 1 atom stereocenters. The molecule has 1 saturated heterocycles. The van der Waals surface area contributed by atoms with Gasteiger partial charge in [-0.1, -0.05) is 0 Å². The first-order valence-corrected chi connectivity index (χ1v) is 10.4. The van der Waals surface area contributed by atoms with Crippen LogP contribution in [0.3, 0.4) is 0 Å². The molecule has 8 nitrogen and oxygen atoms in total. The number of alkyl halides is 1. The predicted octanol–water partition coefficient (Wildman–Crippen LogP) is 3.64. The first-order chi connectivity index (χ1) is 14.3. The predicted molar refractivity (Wildman–Crippen MR) is 104 cm³/mol. The van der Waals surface area contributed by atoms with Gasteiger partial charge in [-0.2, -0.15) is 18.0 Å². The number of anilines is 1. The summed E-state index contributed by atoms with van der Waals surface area (Å²) in [6, 6.07) is 8.48. The van der Waals surface area contributed by atoms with Crippen molar-refractivity contribution < 1.29 is 26.4 Å². The Morgan fingerprint density at radius 3 is 2.87 bits per heavy atom. The van der Waals surface area contributed by atoms with Gasteiger partial charge in [0, 0.05) is 26.1 Å². The number of aryl methyl sites for hydroxylation is 1. The summed E-state index contributed by atoms with van der Waals surface area (Å²) in [5.74, 6) is -0.680. The molecule has 0 spiro atoms. The van der Waals surface area contributed by atoms with E-state index in [0.717, 1.165) is 16.4 Å². The first-order valence-electron chi connectivity index (χ1n) is 8.96. The van der Waals surface area contributed by atoms with Crippen molar-refractivity contribution in [3.63, 3.8) is 0 Å². The average molecular weight is 434 g/mol. The molecule has 156 valence electrons. The van der Waals surface area contributed by atoms with Gasteiger partial charge in [0.05, 0.1) is 5.69 Å².